The largest absolute Gasteiger partial charge is 0.466 e. The van der Waals surface area contributed by atoms with Crippen LogP contribution >= 0.6 is 0 Å². The summed E-state index contributed by atoms with van der Waals surface area (Å²) in [6, 6.07) is 6.56. The fourth-order valence-corrected chi connectivity index (χ4v) is 1.55. The van der Waals surface area contributed by atoms with Gasteiger partial charge in [-0.05, 0) is 25.1 Å². The Kier molecular flexibility index (Phi) is 6.22. The second-order valence-electron chi connectivity index (χ2n) is 4.07. The fraction of sp³-hybridized carbons (Fsp3) is 0.357. The van der Waals surface area contributed by atoms with Crippen molar-refractivity contribution < 1.29 is 19.1 Å². The number of carbonyl (C=O) groups is 3. The quantitative estimate of drug-likeness (QED) is 0.769. The van der Waals surface area contributed by atoms with E-state index in [1.54, 1.807) is 31.2 Å². The monoisotopic (exact) mass is 278 g/mol. The van der Waals surface area contributed by atoms with E-state index in [4.69, 9.17) is 4.74 Å². The third-order valence-corrected chi connectivity index (χ3v) is 2.37. The zero-order valence-corrected chi connectivity index (χ0v) is 11.6. The molecule has 0 bridgehead atoms. The summed E-state index contributed by atoms with van der Waals surface area (Å²) >= 11 is 0. The maximum absolute atomic E-state index is 11.8. The molecule has 6 heteroatoms. The average molecular weight is 278 g/mol. The lowest BCUT2D eigenvalue weighted by Crippen LogP contribution is -2.26. The third kappa shape index (κ3) is 5.51. The molecule has 0 heterocycles. The summed E-state index contributed by atoms with van der Waals surface area (Å²) in [7, 11) is 0. The van der Waals surface area contributed by atoms with Crippen molar-refractivity contribution in [2.24, 2.45) is 0 Å². The minimum absolute atomic E-state index is 0.130. The van der Waals surface area contributed by atoms with Gasteiger partial charge in [-0.3, -0.25) is 14.4 Å². The number of nitrogens with one attached hydrogen (secondary N) is 2. The molecule has 0 atom stereocenters. The molecule has 108 valence electrons. The normalized spacial score (nSPS) is 9.70. The van der Waals surface area contributed by atoms with Gasteiger partial charge in [0.05, 0.1) is 13.0 Å². The topological polar surface area (TPSA) is 84.5 Å². The van der Waals surface area contributed by atoms with Gasteiger partial charge in [-0.15, -0.1) is 0 Å². The molecule has 2 N–H and O–H groups in total. The SMILES string of the molecule is CCOC(=O)CCNC(=O)c1cccc(NC(C)=O)c1. The molecule has 0 radical (unpaired) electrons. The number of anilines is 1. The van der Waals surface area contributed by atoms with Gasteiger partial charge in [0.15, 0.2) is 0 Å². The van der Waals surface area contributed by atoms with Gasteiger partial charge < -0.3 is 15.4 Å². The summed E-state index contributed by atoms with van der Waals surface area (Å²) in [4.78, 5) is 33.9. The Balaban J connectivity index is 2.51. The molecule has 1 aromatic carbocycles. The predicted molar refractivity (Wildman–Crippen MR) is 74.3 cm³/mol. The molecule has 0 fully saturated rings. The minimum Gasteiger partial charge on any atom is -0.466 e. The fourth-order valence-electron chi connectivity index (χ4n) is 1.55. The highest BCUT2D eigenvalue weighted by Gasteiger charge is 2.08. The van der Waals surface area contributed by atoms with E-state index in [-0.39, 0.29) is 30.7 Å². The molecule has 2 amide bonds. The van der Waals surface area contributed by atoms with Crippen LogP contribution < -0.4 is 10.6 Å². The number of esters is 1. The standard InChI is InChI=1S/C14H18N2O4/c1-3-20-13(18)7-8-15-14(19)11-5-4-6-12(9-11)16-10(2)17/h4-6,9H,3,7-8H2,1-2H3,(H,15,19)(H,16,17). The van der Waals surface area contributed by atoms with Crippen LogP contribution in [0.4, 0.5) is 5.69 Å². The van der Waals surface area contributed by atoms with Gasteiger partial charge in [0, 0.05) is 24.7 Å². The van der Waals surface area contributed by atoms with Gasteiger partial charge in [0.1, 0.15) is 0 Å². The molecule has 0 saturated carbocycles. The number of hydrogen-bond donors (Lipinski definition) is 2. The van der Waals surface area contributed by atoms with E-state index in [1.165, 1.54) is 6.92 Å². The van der Waals surface area contributed by atoms with Crippen molar-refractivity contribution in [3.63, 3.8) is 0 Å². The Hall–Kier alpha value is -2.37. The molecular formula is C14H18N2O4. The van der Waals surface area contributed by atoms with Crippen LogP contribution in [0.15, 0.2) is 24.3 Å². The minimum atomic E-state index is -0.347. The van der Waals surface area contributed by atoms with Crippen LogP contribution in [0.5, 0.6) is 0 Å². The number of ether oxygens (including phenoxy) is 1. The van der Waals surface area contributed by atoms with Crippen LogP contribution in [0.2, 0.25) is 0 Å². The zero-order valence-electron chi connectivity index (χ0n) is 11.6. The van der Waals surface area contributed by atoms with Crippen molar-refractivity contribution in [2.45, 2.75) is 20.3 Å². The summed E-state index contributed by atoms with van der Waals surface area (Å²) in [6.07, 6.45) is 0.130. The van der Waals surface area contributed by atoms with Crippen LogP contribution in [0, 0.1) is 0 Å². The smallest absolute Gasteiger partial charge is 0.307 e. The van der Waals surface area contributed by atoms with E-state index in [9.17, 15) is 14.4 Å². The molecule has 0 aliphatic carbocycles. The number of carbonyl (C=O) groups excluding carboxylic acids is 3. The van der Waals surface area contributed by atoms with Crippen molar-refractivity contribution in [3.05, 3.63) is 29.8 Å². The van der Waals surface area contributed by atoms with E-state index in [1.807, 2.05) is 0 Å². The van der Waals surface area contributed by atoms with E-state index >= 15 is 0 Å². The van der Waals surface area contributed by atoms with Gasteiger partial charge in [-0.1, -0.05) is 6.07 Å². The molecule has 1 aromatic rings. The van der Waals surface area contributed by atoms with Crippen molar-refractivity contribution in [1.82, 2.24) is 5.32 Å². The van der Waals surface area contributed by atoms with E-state index in [0.29, 0.717) is 17.9 Å². The van der Waals surface area contributed by atoms with E-state index in [2.05, 4.69) is 10.6 Å². The summed E-state index contributed by atoms with van der Waals surface area (Å²) < 4.78 is 4.75. The van der Waals surface area contributed by atoms with Crippen LogP contribution in [-0.4, -0.2) is 30.9 Å². The summed E-state index contributed by atoms with van der Waals surface area (Å²) in [5.74, 6) is -0.855. The number of rotatable bonds is 6. The van der Waals surface area contributed by atoms with Crippen LogP contribution in [0.25, 0.3) is 0 Å². The predicted octanol–water partition coefficient (Wildman–Crippen LogP) is 1.33. The first-order valence-corrected chi connectivity index (χ1v) is 6.34. The first-order valence-electron chi connectivity index (χ1n) is 6.34. The maximum Gasteiger partial charge on any atom is 0.307 e. The van der Waals surface area contributed by atoms with Crippen LogP contribution in [-0.2, 0) is 14.3 Å². The van der Waals surface area contributed by atoms with Crippen molar-refractivity contribution >= 4 is 23.5 Å². The highest BCUT2D eigenvalue weighted by atomic mass is 16.5. The van der Waals surface area contributed by atoms with Gasteiger partial charge in [0.25, 0.3) is 5.91 Å². The number of amides is 2. The van der Waals surface area contributed by atoms with Gasteiger partial charge >= 0.3 is 5.97 Å². The van der Waals surface area contributed by atoms with Gasteiger partial charge in [-0.2, -0.15) is 0 Å². The van der Waals surface area contributed by atoms with E-state index < -0.39 is 0 Å². The first kappa shape index (κ1) is 15.7. The Morgan fingerprint density at radius 3 is 2.65 bits per heavy atom. The zero-order chi connectivity index (χ0) is 15.0. The molecule has 0 spiro atoms. The maximum atomic E-state index is 11.8. The van der Waals surface area contributed by atoms with Crippen molar-refractivity contribution in [3.8, 4) is 0 Å². The van der Waals surface area contributed by atoms with E-state index in [0.717, 1.165) is 0 Å². The molecule has 0 unspecified atom stereocenters. The molecule has 0 aliphatic rings. The average Bonchev–Trinajstić information content (AvgIpc) is 2.38. The lowest BCUT2D eigenvalue weighted by atomic mass is 10.2. The number of hydrogen-bond acceptors (Lipinski definition) is 4. The van der Waals surface area contributed by atoms with Crippen molar-refractivity contribution in [2.75, 3.05) is 18.5 Å². The lowest BCUT2D eigenvalue weighted by Gasteiger charge is -2.07. The number of benzene rings is 1. The highest BCUT2D eigenvalue weighted by Crippen LogP contribution is 2.10. The molecule has 20 heavy (non-hydrogen) atoms. The summed E-state index contributed by atoms with van der Waals surface area (Å²) in [5.41, 5.74) is 0.968. The molecule has 0 aromatic heterocycles. The van der Waals surface area contributed by atoms with Crippen LogP contribution in [0.1, 0.15) is 30.6 Å². The first-order chi connectivity index (χ1) is 9.52. The lowest BCUT2D eigenvalue weighted by molar-refractivity contribution is -0.142. The van der Waals surface area contributed by atoms with Crippen LogP contribution in [0.3, 0.4) is 0 Å². The Labute approximate surface area is 117 Å². The Bertz CT molecular complexity index is 500. The summed E-state index contributed by atoms with van der Waals surface area (Å²) in [5, 5.41) is 5.21. The molecule has 6 nitrogen and oxygen atoms in total. The third-order valence-electron chi connectivity index (χ3n) is 2.37. The second-order valence-corrected chi connectivity index (χ2v) is 4.07. The van der Waals surface area contributed by atoms with Gasteiger partial charge in [0.2, 0.25) is 5.91 Å². The molecule has 0 aliphatic heterocycles. The molecule has 1 rings (SSSR count). The highest BCUT2D eigenvalue weighted by molar-refractivity contribution is 5.96. The second kappa shape index (κ2) is 7.93. The molecular weight excluding hydrogens is 260 g/mol. The van der Waals surface area contributed by atoms with Crippen molar-refractivity contribution in [1.29, 1.82) is 0 Å². The Morgan fingerprint density at radius 1 is 1.25 bits per heavy atom. The van der Waals surface area contributed by atoms with Gasteiger partial charge in [-0.25, -0.2) is 0 Å². The Morgan fingerprint density at radius 2 is 2.00 bits per heavy atom. The summed E-state index contributed by atoms with van der Waals surface area (Å²) in [6.45, 7) is 3.66. The molecule has 0 saturated heterocycles.